The van der Waals surface area contributed by atoms with Crippen LogP contribution >= 0.6 is 11.3 Å². The van der Waals surface area contributed by atoms with Gasteiger partial charge in [0.1, 0.15) is 12.3 Å². The maximum absolute atomic E-state index is 13.2. The van der Waals surface area contributed by atoms with E-state index in [1.165, 1.54) is 37.7 Å². The van der Waals surface area contributed by atoms with E-state index in [0.717, 1.165) is 19.8 Å². The summed E-state index contributed by atoms with van der Waals surface area (Å²) in [5, 5.41) is 1.92. The Balaban J connectivity index is 1.94. The molecular weight excluding hydrogens is 438 g/mol. The average Bonchev–Trinajstić information content (AvgIpc) is 3.26. The van der Waals surface area contributed by atoms with E-state index < -0.39 is 15.6 Å². The summed E-state index contributed by atoms with van der Waals surface area (Å²) in [7, 11) is 0.634. The highest BCUT2D eigenvalue weighted by molar-refractivity contribution is 7.89. The minimum Gasteiger partial charge on any atom is -0.497 e. The number of thiophene rings is 1. The van der Waals surface area contributed by atoms with Crippen LogP contribution in [0.25, 0.3) is 0 Å². The molecule has 0 fully saturated rings. The molecule has 0 aliphatic heterocycles. The molecule has 0 aliphatic carbocycles. The molecule has 8 nitrogen and oxygen atoms in total. The molecule has 164 valence electrons. The molecule has 1 aromatic carbocycles. The Labute approximate surface area is 185 Å². The number of ether oxygens (including phenoxy) is 1. The quantitative estimate of drug-likeness (QED) is 0.514. The highest BCUT2D eigenvalue weighted by atomic mass is 32.2. The Morgan fingerprint density at radius 1 is 1.10 bits per heavy atom. The summed E-state index contributed by atoms with van der Waals surface area (Å²) < 4.78 is 32.2. The molecule has 0 unspecified atom stereocenters. The molecule has 0 aliphatic rings. The summed E-state index contributed by atoms with van der Waals surface area (Å²) in [6.45, 7) is 0.0281. The normalized spacial score (nSPS) is 11.5. The summed E-state index contributed by atoms with van der Waals surface area (Å²) in [5.74, 6) is 0.310. The van der Waals surface area contributed by atoms with E-state index in [9.17, 15) is 18.0 Å². The van der Waals surface area contributed by atoms with Gasteiger partial charge in [0.05, 0.1) is 18.6 Å². The monoisotopic (exact) mass is 461 g/mol. The van der Waals surface area contributed by atoms with E-state index >= 15 is 0 Å². The number of aromatic nitrogens is 1. The first-order valence-electron chi connectivity index (χ1n) is 9.32. The second-order valence-electron chi connectivity index (χ2n) is 6.88. The molecule has 10 heteroatoms. The van der Waals surface area contributed by atoms with Crippen LogP contribution in [0.1, 0.15) is 4.88 Å². The number of anilines is 1. The lowest BCUT2D eigenvalue weighted by atomic mass is 10.2. The smallest absolute Gasteiger partial charge is 0.251 e. The highest BCUT2D eigenvalue weighted by Crippen LogP contribution is 2.23. The van der Waals surface area contributed by atoms with Gasteiger partial charge in [-0.15, -0.1) is 11.3 Å². The third-order valence-corrected chi connectivity index (χ3v) is 7.28. The molecule has 31 heavy (non-hydrogen) atoms. The number of benzene rings is 1. The average molecular weight is 462 g/mol. The van der Waals surface area contributed by atoms with Crippen molar-refractivity contribution in [3.63, 3.8) is 0 Å². The van der Waals surface area contributed by atoms with Crippen LogP contribution in [0.15, 0.2) is 69.8 Å². The zero-order chi connectivity index (χ0) is 22.6. The number of hydrogen-bond acceptors (Lipinski definition) is 6. The Hall–Kier alpha value is -2.95. The van der Waals surface area contributed by atoms with Crippen LogP contribution in [0.2, 0.25) is 0 Å². The van der Waals surface area contributed by atoms with E-state index in [1.54, 1.807) is 36.3 Å². The molecule has 3 aromatic rings. The van der Waals surface area contributed by atoms with Gasteiger partial charge in [0, 0.05) is 36.9 Å². The number of carbonyl (C=O) groups excluding carboxylic acids is 1. The predicted octanol–water partition coefficient (Wildman–Crippen LogP) is 2.40. The van der Waals surface area contributed by atoms with Crippen molar-refractivity contribution in [2.45, 2.75) is 18.0 Å². The Bertz CT molecular complexity index is 1200. The van der Waals surface area contributed by atoms with E-state index in [-0.39, 0.29) is 17.3 Å². The van der Waals surface area contributed by atoms with Gasteiger partial charge in [-0.2, -0.15) is 0 Å². The van der Waals surface area contributed by atoms with Crippen LogP contribution in [-0.2, 0) is 27.9 Å². The molecule has 0 spiro atoms. The van der Waals surface area contributed by atoms with Gasteiger partial charge >= 0.3 is 0 Å². The van der Waals surface area contributed by atoms with Crippen LogP contribution in [-0.4, -0.2) is 44.4 Å². The predicted molar refractivity (Wildman–Crippen MR) is 120 cm³/mol. The zero-order valence-electron chi connectivity index (χ0n) is 17.4. The van der Waals surface area contributed by atoms with Crippen LogP contribution in [0, 0.1) is 0 Å². The highest BCUT2D eigenvalue weighted by Gasteiger charge is 2.21. The van der Waals surface area contributed by atoms with Gasteiger partial charge < -0.3 is 14.2 Å². The molecule has 0 radical (unpaired) electrons. The van der Waals surface area contributed by atoms with Gasteiger partial charge in [0.25, 0.3) is 5.56 Å². The number of rotatable bonds is 8. The molecule has 0 N–H and O–H groups in total. The molecule has 0 bridgehead atoms. The van der Waals surface area contributed by atoms with Crippen molar-refractivity contribution in [3.8, 4) is 5.75 Å². The summed E-state index contributed by atoms with van der Waals surface area (Å²) >= 11 is 1.52. The molecule has 2 heterocycles. The summed E-state index contributed by atoms with van der Waals surface area (Å²) in [6, 6.07) is 13.2. The van der Waals surface area contributed by atoms with E-state index in [0.29, 0.717) is 18.0 Å². The fourth-order valence-electron chi connectivity index (χ4n) is 2.87. The van der Waals surface area contributed by atoms with Gasteiger partial charge in [-0.25, -0.2) is 12.7 Å². The summed E-state index contributed by atoms with van der Waals surface area (Å²) in [6.07, 6.45) is 1.20. The van der Waals surface area contributed by atoms with Gasteiger partial charge in [-0.3, -0.25) is 9.59 Å². The maximum Gasteiger partial charge on any atom is 0.251 e. The van der Waals surface area contributed by atoms with Gasteiger partial charge in [0.15, 0.2) is 0 Å². The third kappa shape index (κ3) is 5.22. The zero-order valence-corrected chi connectivity index (χ0v) is 19.0. The molecule has 1 amide bonds. The Morgan fingerprint density at radius 3 is 2.39 bits per heavy atom. The Morgan fingerprint density at radius 2 is 1.81 bits per heavy atom. The molecule has 0 saturated heterocycles. The van der Waals surface area contributed by atoms with Crippen molar-refractivity contribution in [1.29, 1.82) is 0 Å². The standard InChI is InChI=1S/C21H23N3O5S2/c1-22(2)31(27,28)19-10-11-20(25)23(14-19)15-21(26)24(13-18-5-4-12-30-18)16-6-8-17(29-3)9-7-16/h4-12,14H,13,15H2,1-3H3. The SMILES string of the molecule is COc1ccc(N(Cc2cccs2)C(=O)Cn2cc(S(=O)(=O)N(C)C)ccc2=O)cc1. The van der Waals surface area contributed by atoms with Crippen LogP contribution in [0.5, 0.6) is 5.75 Å². The van der Waals surface area contributed by atoms with Crippen LogP contribution in [0.4, 0.5) is 5.69 Å². The van der Waals surface area contributed by atoms with Crippen molar-refractivity contribution < 1.29 is 17.9 Å². The number of sulfonamides is 1. The third-order valence-electron chi connectivity index (χ3n) is 4.62. The minimum absolute atomic E-state index is 0.0563. The fraction of sp³-hybridized carbons (Fsp3) is 0.238. The number of amides is 1. The van der Waals surface area contributed by atoms with Gasteiger partial charge in [0.2, 0.25) is 15.9 Å². The van der Waals surface area contributed by atoms with Crippen molar-refractivity contribution in [2.24, 2.45) is 0 Å². The van der Waals surface area contributed by atoms with Crippen LogP contribution < -0.4 is 15.2 Å². The second-order valence-corrected chi connectivity index (χ2v) is 10.1. The van der Waals surface area contributed by atoms with Crippen molar-refractivity contribution in [1.82, 2.24) is 8.87 Å². The van der Waals surface area contributed by atoms with Gasteiger partial charge in [-0.1, -0.05) is 6.07 Å². The first-order valence-corrected chi connectivity index (χ1v) is 11.6. The maximum atomic E-state index is 13.2. The van der Waals surface area contributed by atoms with E-state index in [1.807, 2.05) is 17.5 Å². The van der Waals surface area contributed by atoms with Crippen LogP contribution in [0.3, 0.4) is 0 Å². The number of methoxy groups -OCH3 is 1. The number of nitrogens with zero attached hydrogens (tertiary/aromatic N) is 3. The van der Waals surface area contributed by atoms with Gasteiger partial charge in [-0.05, 0) is 41.8 Å². The first-order chi connectivity index (χ1) is 14.7. The lowest BCUT2D eigenvalue weighted by Gasteiger charge is -2.23. The minimum atomic E-state index is -3.74. The molecule has 2 aromatic heterocycles. The Kier molecular flexibility index (Phi) is 6.94. The van der Waals surface area contributed by atoms with Crippen molar-refractivity contribution >= 4 is 33.0 Å². The molecule has 0 saturated carbocycles. The summed E-state index contributed by atoms with van der Waals surface area (Å²) in [4.78, 5) is 28.0. The fourth-order valence-corrected chi connectivity index (χ4v) is 4.49. The lowest BCUT2D eigenvalue weighted by molar-refractivity contribution is -0.119. The van der Waals surface area contributed by atoms with Crippen molar-refractivity contribution in [3.05, 3.63) is 75.3 Å². The summed E-state index contributed by atoms with van der Waals surface area (Å²) in [5.41, 5.74) is 0.182. The lowest BCUT2D eigenvalue weighted by Crippen LogP contribution is -2.36. The molecule has 0 atom stereocenters. The topological polar surface area (TPSA) is 88.9 Å². The number of hydrogen-bond donors (Lipinski definition) is 0. The van der Waals surface area contributed by atoms with Crippen molar-refractivity contribution in [2.75, 3.05) is 26.1 Å². The largest absolute Gasteiger partial charge is 0.497 e. The van der Waals surface area contributed by atoms with E-state index in [2.05, 4.69) is 0 Å². The number of carbonyl (C=O) groups is 1. The second kappa shape index (κ2) is 9.46. The molecular formula is C21H23N3O5S2. The molecule has 3 rings (SSSR count). The van der Waals surface area contributed by atoms with E-state index in [4.69, 9.17) is 4.74 Å². The first kappa shape index (κ1) is 22.7. The number of pyridine rings is 1.